The molecule has 2 rings (SSSR count). The van der Waals surface area contributed by atoms with Crippen LogP contribution in [0.4, 0.5) is 0 Å². The molecule has 0 bridgehead atoms. The van der Waals surface area contributed by atoms with Gasteiger partial charge in [-0.1, -0.05) is 0 Å². The molecule has 3 heteroatoms. The Kier molecular flexibility index (Phi) is 4.46. The van der Waals surface area contributed by atoms with Gasteiger partial charge in [0.2, 0.25) is 0 Å². The van der Waals surface area contributed by atoms with Crippen molar-refractivity contribution in [2.75, 3.05) is 20.6 Å². The second kappa shape index (κ2) is 5.89. The average molecular weight is 250 g/mol. The molecule has 18 heavy (non-hydrogen) atoms. The Bertz CT molecular complexity index is 341. The molecule has 0 aromatic carbocycles. The predicted molar refractivity (Wildman–Crippen MR) is 74.8 cm³/mol. The van der Waals surface area contributed by atoms with Gasteiger partial charge >= 0.3 is 0 Å². The summed E-state index contributed by atoms with van der Waals surface area (Å²) in [5.74, 6) is 1.09. The Morgan fingerprint density at radius 3 is 2.72 bits per heavy atom. The minimum atomic E-state index is 0.416. The Morgan fingerprint density at radius 1 is 1.44 bits per heavy atom. The van der Waals surface area contributed by atoms with E-state index in [-0.39, 0.29) is 0 Å². The molecule has 0 spiro atoms. The number of rotatable bonds is 7. The number of nitrogens with zero attached hydrogens (tertiary/aromatic N) is 1. The molecule has 1 heterocycles. The molecule has 1 fully saturated rings. The molecule has 0 saturated heterocycles. The summed E-state index contributed by atoms with van der Waals surface area (Å²) in [5, 5.41) is 3.69. The van der Waals surface area contributed by atoms with Gasteiger partial charge in [-0.05, 0) is 58.8 Å². The monoisotopic (exact) mass is 250 g/mol. The molecule has 1 aromatic heterocycles. The number of hydrogen-bond acceptors (Lipinski definition) is 3. The lowest BCUT2D eigenvalue weighted by Gasteiger charge is -2.48. The molecular weight excluding hydrogens is 224 g/mol. The second-order valence-corrected chi connectivity index (χ2v) is 5.87. The van der Waals surface area contributed by atoms with Gasteiger partial charge in [-0.25, -0.2) is 0 Å². The highest BCUT2D eigenvalue weighted by Gasteiger charge is 2.38. The number of hydrogen-bond donors (Lipinski definition) is 1. The fourth-order valence-corrected chi connectivity index (χ4v) is 2.65. The van der Waals surface area contributed by atoms with Gasteiger partial charge in [0.15, 0.2) is 0 Å². The zero-order valence-electron chi connectivity index (χ0n) is 11.9. The van der Waals surface area contributed by atoms with Crippen LogP contribution in [0.15, 0.2) is 22.8 Å². The summed E-state index contributed by atoms with van der Waals surface area (Å²) in [7, 11) is 4.41. The molecule has 3 nitrogen and oxygen atoms in total. The average Bonchev–Trinajstić information content (AvgIpc) is 2.77. The van der Waals surface area contributed by atoms with Crippen LogP contribution < -0.4 is 5.32 Å². The van der Waals surface area contributed by atoms with Crippen molar-refractivity contribution in [2.45, 2.75) is 50.6 Å². The molecular formula is C15H26N2O. The lowest BCUT2D eigenvalue weighted by atomic mass is 9.75. The van der Waals surface area contributed by atoms with Gasteiger partial charge in [0.1, 0.15) is 5.76 Å². The first-order valence-electron chi connectivity index (χ1n) is 7.06. The zero-order chi connectivity index (χ0) is 13.0. The summed E-state index contributed by atoms with van der Waals surface area (Å²) in [6, 6.07) is 4.57. The van der Waals surface area contributed by atoms with Gasteiger partial charge < -0.3 is 14.6 Å². The lowest BCUT2D eigenvalue weighted by molar-refractivity contribution is 0.0573. The van der Waals surface area contributed by atoms with Crippen LogP contribution in [0.3, 0.4) is 0 Å². The molecule has 1 N–H and O–H groups in total. The summed E-state index contributed by atoms with van der Waals surface area (Å²) in [5.41, 5.74) is 0.416. The third-order valence-electron chi connectivity index (χ3n) is 4.42. The van der Waals surface area contributed by atoms with Crippen molar-refractivity contribution < 1.29 is 4.42 Å². The van der Waals surface area contributed by atoms with E-state index in [9.17, 15) is 0 Å². The van der Waals surface area contributed by atoms with Crippen molar-refractivity contribution >= 4 is 0 Å². The van der Waals surface area contributed by atoms with Gasteiger partial charge in [-0.15, -0.1) is 0 Å². The maximum Gasteiger partial charge on any atom is 0.103 e. The maximum absolute atomic E-state index is 5.36. The maximum atomic E-state index is 5.36. The molecule has 0 radical (unpaired) electrons. The van der Waals surface area contributed by atoms with Gasteiger partial charge in [0.25, 0.3) is 0 Å². The van der Waals surface area contributed by atoms with E-state index in [2.05, 4.69) is 37.3 Å². The standard InChI is InChI=1S/C15H26N2O/c1-13(7-8-14-6-4-11-18-14)16-12-15(17(2)3)9-5-10-15/h4,6,11,13,16H,5,7-10,12H2,1-3H3. The van der Waals surface area contributed by atoms with Crippen LogP contribution in [0.25, 0.3) is 0 Å². The van der Waals surface area contributed by atoms with Gasteiger partial charge in [0.05, 0.1) is 6.26 Å². The zero-order valence-corrected chi connectivity index (χ0v) is 11.9. The third kappa shape index (κ3) is 3.15. The van der Waals surface area contributed by atoms with E-state index in [1.807, 2.05) is 6.07 Å². The van der Waals surface area contributed by atoms with E-state index in [1.165, 1.54) is 19.3 Å². The van der Waals surface area contributed by atoms with Gasteiger partial charge in [0, 0.05) is 24.5 Å². The smallest absolute Gasteiger partial charge is 0.103 e. The number of furan rings is 1. The second-order valence-electron chi connectivity index (χ2n) is 5.87. The minimum Gasteiger partial charge on any atom is -0.469 e. The van der Waals surface area contributed by atoms with Crippen molar-refractivity contribution in [3.63, 3.8) is 0 Å². The van der Waals surface area contributed by atoms with Crippen molar-refractivity contribution in [3.05, 3.63) is 24.2 Å². The summed E-state index contributed by atoms with van der Waals surface area (Å²) < 4.78 is 5.36. The highest BCUT2D eigenvalue weighted by molar-refractivity contribution is 5.00. The molecule has 1 aliphatic carbocycles. The largest absolute Gasteiger partial charge is 0.469 e. The SMILES string of the molecule is CC(CCc1ccco1)NCC1(N(C)C)CCC1. The van der Waals surface area contributed by atoms with Crippen molar-refractivity contribution in [2.24, 2.45) is 0 Å². The molecule has 1 unspecified atom stereocenters. The van der Waals surface area contributed by atoms with Crippen LogP contribution in [0, 0.1) is 0 Å². The van der Waals surface area contributed by atoms with Gasteiger partial charge in [-0.2, -0.15) is 0 Å². The van der Waals surface area contributed by atoms with E-state index in [0.29, 0.717) is 11.6 Å². The molecule has 1 aromatic rings. The predicted octanol–water partition coefficient (Wildman–Crippen LogP) is 2.67. The number of aryl methyl sites for hydroxylation is 1. The topological polar surface area (TPSA) is 28.4 Å². The number of nitrogens with one attached hydrogen (secondary N) is 1. The first kappa shape index (κ1) is 13.6. The van der Waals surface area contributed by atoms with Crippen LogP contribution in [-0.2, 0) is 6.42 Å². The van der Waals surface area contributed by atoms with Crippen molar-refractivity contribution in [3.8, 4) is 0 Å². The van der Waals surface area contributed by atoms with E-state index < -0.39 is 0 Å². The van der Waals surface area contributed by atoms with Crippen molar-refractivity contribution in [1.82, 2.24) is 10.2 Å². The minimum absolute atomic E-state index is 0.416. The molecule has 1 atom stereocenters. The fraction of sp³-hybridized carbons (Fsp3) is 0.733. The first-order valence-corrected chi connectivity index (χ1v) is 7.06. The van der Waals surface area contributed by atoms with E-state index in [1.54, 1.807) is 6.26 Å². The van der Waals surface area contributed by atoms with Gasteiger partial charge in [-0.3, -0.25) is 0 Å². The Labute approximate surface area is 111 Å². The van der Waals surface area contributed by atoms with E-state index >= 15 is 0 Å². The molecule has 0 amide bonds. The van der Waals surface area contributed by atoms with Crippen LogP contribution in [-0.4, -0.2) is 37.1 Å². The number of likely N-dealkylation sites (N-methyl/N-ethyl adjacent to an activating group) is 1. The van der Waals surface area contributed by atoms with Crippen LogP contribution in [0.2, 0.25) is 0 Å². The van der Waals surface area contributed by atoms with E-state index in [4.69, 9.17) is 4.42 Å². The Balaban J connectivity index is 1.69. The Morgan fingerprint density at radius 2 is 2.22 bits per heavy atom. The third-order valence-corrected chi connectivity index (χ3v) is 4.42. The normalized spacial score (nSPS) is 19.8. The molecule has 1 saturated carbocycles. The summed E-state index contributed by atoms with van der Waals surface area (Å²) in [4.78, 5) is 2.39. The summed E-state index contributed by atoms with van der Waals surface area (Å²) in [6.07, 6.45) is 7.95. The molecule has 0 aliphatic heterocycles. The van der Waals surface area contributed by atoms with Crippen LogP contribution in [0.1, 0.15) is 38.4 Å². The van der Waals surface area contributed by atoms with Crippen molar-refractivity contribution in [1.29, 1.82) is 0 Å². The van der Waals surface area contributed by atoms with E-state index in [0.717, 1.165) is 25.1 Å². The molecule has 102 valence electrons. The van der Waals surface area contributed by atoms with Crippen LogP contribution in [0.5, 0.6) is 0 Å². The summed E-state index contributed by atoms with van der Waals surface area (Å²) in [6.45, 7) is 3.38. The first-order chi connectivity index (χ1) is 8.62. The highest BCUT2D eigenvalue weighted by Crippen LogP contribution is 2.35. The lowest BCUT2D eigenvalue weighted by Crippen LogP contribution is -2.57. The fourth-order valence-electron chi connectivity index (χ4n) is 2.65. The highest BCUT2D eigenvalue weighted by atomic mass is 16.3. The Hall–Kier alpha value is -0.800. The van der Waals surface area contributed by atoms with Crippen LogP contribution >= 0.6 is 0 Å². The molecule has 1 aliphatic rings. The quantitative estimate of drug-likeness (QED) is 0.806. The summed E-state index contributed by atoms with van der Waals surface area (Å²) >= 11 is 0.